The Morgan fingerprint density at radius 2 is 2.11 bits per heavy atom. The largest absolute Gasteiger partial charge is 0.481 e. The monoisotopic (exact) mass is 278 g/mol. The Bertz CT molecular complexity index is 598. The third kappa shape index (κ3) is 2.53. The fourth-order valence-electron chi connectivity index (χ4n) is 1.16. The Hall–Kier alpha value is -1.84. The Balaban J connectivity index is 2.39. The molecule has 0 spiro atoms. The summed E-state index contributed by atoms with van der Waals surface area (Å²) in [5.74, 6) is -2.61. The Labute approximate surface area is 102 Å². The number of carboxylic acid groups (broad SMARTS) is 1. The highest BCUT2D eigenvalue weighted by molar-refractivity contribution is 7.99. The second-order valence-electron chi connectivity index (χ2n) is 3.15. The first-order valence-electron chi connectivity index (χ1n) is 4.52. The molecule has 0 amide bonds. The molecule has 0 saturated heterocycles. The summed E-state index contributed by atoms with van der Waals surface area (Å²) in [5.41, 5.74) is -0.0537. The lowest BCUT2D eigenvalue weighted by Gasteiger charge is -2.03. The van der Waals surface area contributed by atoms with Crippen LogP contribution in [-0.4, -0.2) is 36.6 Å². The van der Waals surface area contributed by atoms with Gasteiger partial charge in [0.15, 0.2) is 5.65 Å². The molecule has 6 nitrogen and oxygen atoms in total. The third-order valence-electron chi connectivity index (χ3n) is 1.84. The van der Waals surface area contributed by atoms with E-state index in [0.717, 1.165) is 11.8 Å². The average Bonchev–Trinajstić information content (AvgIpc) is 2.68. The fraction of sp³-hybridized carbons (Fsp3) is 0.250. The highest BCUT2D eigenvalue weighted by Crippen LogP contribution is 2.27. The van der Waals surface area contributed by atoms with Gasteiger partial charge in [-0.15, -0.1) is 10.2 Å². The molecule has 18 heavy (non-hydrogen) atoms. The summed E-state index contributed by atoms with van der Waals surface area (Å²) in [6.07, 6.45) is -4.66. The Morgan fingerprint density at radius 3 is 2.72 bits per heavy atom. The lowest BCUT2D eigenvalue weighted by molar-refractivity contribution is -0.146. The quantitative estimate of drug-likeness (QED) is 0.853. The summed E-state index contributed by atoms with van der Waals surface area (Å²) < 4.78 is 38.1. The van der Waals surface area contributed by atoms with E-state index in [1.807, 2.05) is 0 Å². The van der Waals surface area contributed by atoms with Crippen LogP contribution in [-0.2, 0) is 11.0 Å². The van der Waals surface area contributed by atoms with Crippen LogP contribution in [0, 0.1) is 0 Å². The topological polar surface area (TPSA) is 80.4 Å². The lowest BCUT2D eigenvalue weighted by atomic mass is 10.5. The smallest absolute Gasteiger partial charge is 0.453 e. The molecule has 2 aromatic rings. The zero-order valence-corrected chi connectivity index (χ0v) is 9.36. The van der Waals surface area contributed by atoms with E-state index in [4.69, 9.17) is 5.11 Å². The molecule has 0 saturated carbocycles. The first-order chi connectivity index (χ1) is 8.38. The van der Waals surface area contributed by atoms with Crippen LogP contribution in [0.25, 0.3) is 5.65 Å². The van der Waals surface area contributed by atoms with E-state index in [2.05, 4.69) is 15.3 Å². The van der Waals surface area contributed by atoms with Crippen LogP contribution in [0.3, 0.4) is 0 Å². The molecule has 0 aliphatic carbocycles. The van der Waals surface area contributed by atoms with Gasteiger partial charge in [-0.1, -0.05) is 11.8 Å². The number of hydrogen-bond acceptors (Lipinski definition) is 5. The van der Waals surface area contributed by atoms with Crippen molar-refractivity contribution >= 4 is 23.4 Å². The van der Waals surface area contributed by atoms with Crippen molar-refractivity contribution in [2.45, 2.75) is 11.2 Å². The number of fused-ring (bicyclic) bond motifs is 1. The molecule has 0 bridgehead atoms. The van der Waals surface area contributed by atoms with Crippen LogP contribution < -0.4 is 0 Å². The lowest BCUT2D eigenvalue weighted by Crippen LogP contribution is -2.12. The average molecular weight is 278 g/mol. The van der Waals surface area contributed by atoms with Gasteiger partial charge in [0.1, 0.15) is 5.03 Å². The van der Waals surface area contributed by atoms with Crippen molar-refractivity contribution in [3.8, 4) is 0 Å². The number of carbonyl (C=O) groups is 1. The minimum atomic E-state index is -4.66. The zero-order chi connectivity index (χ0) is 13.3. The SMILES string of the molecule is O=C(O)CSc1ccc2nnc(C(F)(F)F)n2n1. The zero-order valence-electron chi connectivity index (χ0n) is 8.55. The molecule has 0 fully saturated rings. The molecule has 10 heteroatoms. The van der Waals surface area contributed by atoms with Gasteiger partial charge in [0, 0.05) is 0 Å². The maximum absolute atomic E-state index is 12.5. The summed E-state index contributed by atoms with van der Waals surface area (Å²) in [4.78, 5) is 10.4. The maximum atomic E-state index is 12.5. The van der Waals surface area contributed by atoms with Crippen molar-refractivity contribution in [3.63, 3.8) is 0 Å². The maximum Gasteiger partial charge on any atom is 0.453 e. The first kappa shape index (κ1) is 12.6. The van der Waals surface area contributed by atoms with Gasteiger partial charge in [0.25, 0.3) is 5.82 Å². The third-order valence-corrected chi connectivity index (χ3v) is 2.74. The van der Waals surface area contributed by atoms with Crippen molar-refractivity contribution in [2.24, 2.45) is 0 Å². The van der Waals surface area contributed by atoms with E-state index < -0.39 is 18.0 Å². The van der Waals surface area contributed by atoms with Crippen molar-refractivity contribution in [1.82, 2.24) is 19.8 Å². The van der Waals surface area contributed by atoms with Crippen LogP contribution in [0.1, 0.15) is 5.82 Å². The van der Waals surface area contributed by atoms with Gasteiger partial charge in [0.2, 0.25) is 0 Å². The summed E-state index contributed by atoms with van der Waals surface area (Å²) in [6.45, 7) is 0. The summed E-state index contributed by atoms with van der Waals surface area (Å²) in [5, 5.41) is 18.6. The first-order valence-corrected chi connectivity index (χ1v) is 5.51. The van der Waals surface area contributed by atoms with Crippen molar-refractivity contribution in [3.05, 3.63) is 18.0 Å². The van der Waals surface area contributed by atoms with Crippen LogP contribution in [0.15, 0.2) is 17.2 Å². The van der Waals surface area contributed by atoms with E-state index in [1.54, 1.807) is 0 Å². The Morgan fingerprint density at radius 1 is 1.39 bits per heavy atom. The van der Waals surface area contributed by atoms with Gasteiger partial charge in [-0.25, -0.2) is 0 Å². The molecule has 0 aromatic carbocycles. The molecule has 2 heterocycles. The number of thioether (sulfide) groups is 1. The molecule has 2 aromatic heterocycles. The molecule has 0 unspecified atom stereocenters. The van der Waals surface area contributed by atoms with Gasteiger partial charge in [-0.3, -0.25) is 4.79 Å². The second-order valence-corrected chi connectivity index (χ2v) is 4.14. The predicted molar refractivity (Wildman–Crippen MR) is 54.1 cm³/mol. The Kier molecular flexibility index (Phi) is 3.11. The molecule has 0 aliphatic rings. The van der Waals surface area contributed by atoms with Gasteiger partial charge >= 0.3 is 12.1 Å². The van der Waals surface area contributed by atoms with Gasteiger partial charge in [-0.05, 0) is 12.1 Å². The number of aromatic nitrogens is 4. The molecule has 0 atom stereocenters. The van der Waals surface area contributed by atoms with Crippen molar-refractivity contribution < 1.29 is 23.1 Å². The van der Waals surface area contributed by atoms with Gasteiger partial charge < -0.3 is 5.11 Å². The summed E-state index contributed by atoms with van der Waals surface area (Å²) in [7, 11) is 0. The summed E-state index contributed by atoms with van der Waals surface area (Å²) >= 11 is 0.812. The van der Waals surface area contributed by atoms with E-state index in [9.17, 15) is 18.0 Å². The normalized spacial score (nSPS) is 11.9. The number of hydrogen-bond donors (Lipinski definition) is 1. The van der Waals surface area contributed by atoms with Crippen LogP contribution in [0.2, 0.25) is 0 Å². The van der Waals surface area contributed by atoms with Gasteiger partial charge in [0.05, 0.1) is 5.75 Å². The second kappa shape index (κ2) is 4.44. The predicted octanol–water partition coefficient (Wildman–Crippen LogP) is 1.32. The minimum Gasteiger partial charge on any atom is -0.481 e. The van der Waals surface area contributed by atoms with E-state index in [-0.39, 0.29) is 16.4 Å². The molecule has 0 aliphatic heterocycles. The highest BCUT2D eigenvalue weighted by Gasteiger charge is 2.37. The number of carboxylic acids is 1. The molecule has 2 rings (SSSR count). The van der Waals surface area contributed by atoms with Crippen LogP contribution in [0.5, 0.6) is 0 Å². The number of aliphatic carboxylic acids is 1. The van der Waals surface area contributed by atoms with Crippen LogP contribution >= 0.6 is 11.8 Å². The van der Waals surface area contributed by atoms with E-state index in [0.29, 0.717) is 4.52 Å². The molecular weight excluding hydrogens is 273 g/mol. The standard InChI is InChI=1S/C8H5F3N4O2S/c9-8(10,11)7-13-12-4-1-2-5(14-15(4)7)18-3-6(16)17/h1-2H,3H2,(H,16,17). The number of nitrogens with zero attached hydrogens (tertiary/aromatic N) is 4. The van der Waals surface area contributed by atoms with E-state index in [1.165, 1.54) is 12.1 Å². The van der Waals surface area contributed by atoms with Crippen molar-refractivity contribution in [1.29, 1.82) is 0 Å². The van der Waals surface area contributed by atoms with E-state index >= 15 is 0 Å². The number of alkyl halides is 3. The van der Waals surface area contributed by atoms with Crippen LogP contribution in [0.4, 0.5) is 13.2 Å². The number of halogens is 3. The minimum absolute atomic E-state index is 0.0537. The summed E-state index contributed by atoms with van der Waals surface area (Å²) in [6, 6.07) is 2.68. The molecule has 0 radical (unpaired) electrons. The number of rotatable bonds is 3. The molecule has 96 valence electrons. The fourth-order valence-corrected chi connectivity index (χ4v) is 1.74. The van der Waals surface area contributed by atoms with Gasteiger partial charge in [-0.2, -0.15) is 22.8 Å². The highest BCUT2D eigenvalue weighted by atomic mass is 32.2. The molecule has 1 N–H and O–H groups in total. The molecular formula is C8H5F3N4O2S. The van der Waals surface area contributed by atoms with Crippen molar-refractivity contribution in [2.75, 3.05) is 5.75 Å².